The average Bonchev–Trinajstić information content (AvgIpc) is 2.45. The van der Waals surface area contributed by atoms with Crippen molar-refractivity contribution in [1.29, 1.82) is 0 Å². The van der Waals surface area contributed by atoms with Crippen molar-refractivity contribution in [1.82, 2.24) is 4.98 Å². The Labute approximate surface area is 118 Å². The first-order valence-corrected chi connectivity index (χ1v) is 7.08. The molecule has 1 aromatic heterocycles. The summed E-state index contributed by atoms with van der Waals surface area (Å²) in [5, 5.41) is 23.6. The average molecular weight is 279 g/mol. The van der Waals surface area contributed by atoms with E-state index in [1.807, 2.05) is 0 Å². The van der Waals surface area contributed by atoms with Crippen molar-refractivity contribution < 1.29 is 10.0 Å². The highest BCUT2D eigenvalue weighted by atomic mass is 16.6. The molecule has 0 aromatic carbocycles. The van der Waals surface area contributed by atoms with Crippen LogP contribution in [0.15, 0.2) is 12.3 Å². The van der Waals surface area contributed by atoms with E-state index in [4.69, 9.17) is 0 Å². The summed E-state index contributed by atoms with van der Waals surface area (Å²) in [6, 6.07) is 1.64. The molecule has 20 heavy (non-hydrogen) atoms. The standard InChI is InChI=1S/C14H21N3O3/c1-10-6-7-15-14(13(10)17(19)20)16-8-11-4-2-3-5-12(11)9-18/h6-7,11-12,18H,2-5,8-9H2,1H3,(H,15,16). The summed E-state index contributed by atoms with van der Waals surface area (Å²) >= 11 is 0. The molecule has 1 aliphatic carbocycles. The van der Waals surface area contributed by atoms with Crippen LogP contribution in [0.1, 0.15) is 31.2 Å². The van der Waals surface area contributed by atoms with Gasteiger partial charge in [0.1, 0.15) is 0 Å². The lowest BCUT2D eigenvalue weighted by atomic mass is 9.79. The Morgan fingerprint density at radius 2 is 2.15 bits per heavy atom. The zero-order chi connectivity index (χ0) is 14.5. The molecule has 1 heterocycles. The predicted molar refractivity (Wildman–Crippen MR) is 76.7 cm³/mol. The Morgan fingerprint density at radius 1 is 1.45 bits per heavy atom. The van der Waals surface area contributed by atoms with E-state index in [9.17, 15) is 15.2 Å². The Kier molecular flexibility index (Phi) is 4.89. The van der Waals surface area contributed by atoms with Crippen LogP contribution in [0.3, 0.4) is 0 Å². The van der Waals surface area contributed by atoms with E-state index in [1.165, 1.54) is 0 Å². The minimum Gasteiger partial charge on any atom is -0.396 e. The summed E-state index contributed by atoms with van der Waals surface area (Å²) in [6.07, 6.45) is 5.98. The van der Waals surface area contributed by atoms with Crippen LogP contribution in [0, 0.1) is 28.9 Å². The molecule has 1 fully saturated rings. The van der Waals surface area contributed by atoms with Crippen LogP contribution in [0.25, 0.3) is 0 Å². The van der Waals surface area contributed by atoms with Gasteiger partial charge in [0.2, 0.25) is 5.82 Å². The number of nitro groups is 1. The molecule has 6 nitrogen and oxygen atoms in total. The molecular weight excluding hydrogens is 258 g/mol. The number of rotatable bonds is 5. The normalized spacial score (nSPS) is 22.5. The third-order valence-electron chi connectivity index (χ3n) is 4.14. The summed E-state index contributed by atoms with van der Waals surface area (Å²) in [6.45, 7) is 2.53. The van der Waals surface area contributed by atoms with Crippen molar-refractivity contribution in [2.45, 2.75) is 32.6 Å². The fraction of sp³-hybridized carbons (Fsp3) is 0.643. The maximum Gasteiger partial charge on any atom is 0.314 e. The zero-order valence-electron chi connectivity index (χ0n) is 11.7. The lowest BCUT2D eigenvalue weighted by Gasteiger charge is -2.30. The molecular formula is C14H21N3O3. The van der Waals surface area contributed by atoms with Gasteiger partial charge in [0.05, 0.1) is 4.92 Å². The molecule has 110 valence electrons. The van der Waals surface area contributed by atoms with E-state index in [-0.39, 0.29) is 12.3 Å². The summed E-state index contributed by atoms with van der Waals surface area (Å²) in [5.41, 5.74) is 0.652. The van der Waals surface area contributed by atoms with E-state index < -0.39 is 4.92 Å². The van der Waals surface area contributed by atoms with Gasteiger partial charge in [-0.15, -0.1) is 0 Å². The zero-order valence-corrected chi connectivity index (χ0v) is 11.7. The van der Waals surface area contributed by atoms with Crippen LogP contribution < -0.4 is 5.32 Å². The summed E-state index contributed by atoms with van der Waals surface area (Å²) < 4.78 is 0. The first-order valence-electron chi connectivity index (χ1n) is 7.08. The Hall–Kier alpha value is -1.69. The second-order valence-corrected chi connectivity index (χ2v) is 5.45. The minimum absolute atomic E-state index is 0.0452. The van der Waals surface area contributed by atoms with E-state index in [2.05, 4.69) is 10.3 Å². The fourth-order valence-electron chi connectivity index (χ4n) is 2.93. The van der Waals surface area contributed by atoms with Gasteiger partial charge in [0.25, 0.3) is 0 Å². The smallest absolute Gasteiger partial charge is 0.314 e. The van der Waals surface area contributed by atoms with E-state index >= 15 is 0 Å². The molecule has 0 spiro atoms. The van der Waals surface area contributed by atoms with Crippen molar-refractivity contribution in [3.8, 4) is 0 Å². The van der Waals surface area contributed by atoms with Gasteiger partial charge in [-0.1, -0.05) is 12.8 Å². The summed E-state index contributed by atoms with van der Waals surface area (Å²) in [7, 11) is 0. The first-order chi connectivity index (χ1) is 9.63. The number of aromatic nitrogens is 1. The molecule has 1 aromatic rings. The second kappa shape index (κ2) is 6.65. The highest BCUT2D eigenvalue weighted by Crippen LogP contribution is 2.31. The number of nitrogens with one attached hydrogen (secondary N) is 1. The molecule has 0 saturated heterocycles. The van der Waals surface area contributed by atoms with Crippen LogP contribution in [0.2, 0.25) is 0 Å². The van der Waals surface area contributed by atoms with Gasteiger partial charge >= 0.3 is 5.69 Å². The van der Waals surface area contributed by atoms with Crippen molar-refractivity contribution in [3.05, 3.63) is 27.9 Å². The predicted octanol–water partition coefficient (Wildman–Crippen LogP) is 2.51. The summed E-state index contributed by atoms with van der Waals surface area (Å²) in [4.78, 5) is 14.8. The molecule has 2 unspecified atom stereocenters. The topological polar surface area (TPSA) is 88.3 Å². The lowest BCUT2D eigenvalue weighted by Crippen LogP contribution is -2.29. The molecule has 0 bridgehead atoms. The van der Waals surface area contributed by atoms with Crippen molar-refractivity contribution >= 4 is 11.5 Å². The molecule has 1 aliphatic rings. The number of pyridine rings is 1. The third kappa shape index (κ3) is 3.25. The maximum atomic E-state index is 11.1. The van der Waals surface area contributed by atoms with Gasteiger partial charge < -0.3 is 10.4 Å². The van der Waals surface area contributed by atoms with Crippen LogP contribution in [0.4, 0.5) is 11.5 Å². The lowest BCUT2D eigenvalue weighted by molar-refractivity contribution is -0.384. The second-order valence-electron chi connectivity index (χ2n) is 5.45. The molecule has 0 radical (unpaired) electrons. The highest BCUT2D eigenvalue weighted by Gasteiger charge is 2.26. The van der Waals surface area contributed by atoms with E-state index in [0.717, 1.165) is 25.7 Å². The molecule has 6 heteroatoms. The molecule has 0 amide bonds. The monoisotopic (exact) mass is 279 g/mol. The highest BCUT2D eigenvalue weighted by molar-refractivity contribution is 5.59. The largest absolute Gasteiger partial charge is 0.396 e. The summed E-state index contributed by atoms with van der Waals surface area (Å²) in [5.74, 6) is 0.980. The molecule has 2 N–H and O–H groups in total. The van der Waals surface area contributed by atoms with Gasteiger partial charge in [0, 0.05) is 24.9 Å². The Morgan fingerprint density at radius 3 is 2.80 bits per heavy atom. The molecule has 2 atom stereocenters. The quantitative estimate of drug-likeness (QED) is 0.638. The Bertz CT molecular complexity index is 479. The molecule has 1 saturated carbocycles. The molecule has 2 rings (SSSR count). The van der Waals surface area contributed by atoms with Crippen LogP contribution in [0.5, 0.6) is 0 Å². The van der Waals surface area contributed by atoms with Crippen LogP contribution in [-0.2, 0) is 0 Å². The number of nitrogens with zero attached hydrogens (tertiary/aromatic N) is 2. The minimum atomic E-state index is -0.394. The maximum absolute atomic E-state index is 11.1. The number of hydrogen-bond acceptors (Lipinski definition) is 5. The fourth-order valence-corrected chi connectivity index (χ4v) is 2.93. The first kappa shape index (κ1) is 14.7. The van der Waals surface area contributed by atoms with Gasteiger partial charge in [0.15, 0.2) is 0 Å². The molecule has 0 aliphatic heterocycles. The van der Waals surface area contributed by atoms with Gasteiger partial charge in [-0.25, -0.2) is 4.98 Å². The van der Waals surface area contributed by atoms with Gasteiger partial charge in [-0.2, -0.15) is 0 Å². The Balaban J connectivity index is 2.07. The van der Waals surface area contributed by atoms with E-state index in [0.29, 0.717) is 29.8 Å². The SMILES string of the molecule is Cc1ccnc(NCC2CCCCC2CO)c1[N+](=O)[O-]. The van der Waals surface area contributed by atoms with E-state index in [1.54, 1.807) is 19.2 Å². The number of anilines is 1. The van der Waals surface area contributed by atoms with Crippen molar-refractivity contribution in [2.24, 2.45) is 11.8 Å². The van der Waals surface area contributed by atoms with Crippen molar-refractivity contribution in [2.75, 3.05) is 18.5 Å². The number of aryl methyl sites for hydroxylation is 1. The van der Waals surface area contributed by atoms with Gasteiger partial charge in [-0.05, 0) is 37.7 Å². The number of aliphatic hydroxyl groups excluding tert-OH is 1. The number of aliphatic hydroxyl groups is 1. The third-order valence-corrected chi connectivity index (χ3v) is 4.14. The van der Waals surface area contributed by atoms with Crippen LogP contribution >= 0.6 is 0 Å². The van der Waals surface area contributed by atoms with Crippen LogP contribution in [-0.4, -0.2) is 28.2 Å². The van der Waals surface area contributed by atoms with Crippen molar-refractivity contribution in [3.63, 3.8) is 0 Å². The number of hydrogen-bond donors (Lipinski definition) is 2. The van der Waals surface area contributed by atoms with Gasteiger partial charge in [-0.3, -0.25) is 10.1 Å².